The normalized spacial score (nSPS) is 10.4. The van der Waals surface area contributed by atoms with E-state index in [0.29, 0.717) is 6.54 Å². The molecule has 2 aromatic rings. The molecule has 0 saturated carbocycles. The molecule has 0 aromatic carbocycles. The quantitative estimate of drug-likeness (QED) is 0.941. The fourth-order valence-electron chi connectivity index (χ4n) is 1.45. The van der Waals surface area contributed by atoms with E-state index in [-0.39, 0.29) is 16.8 Å². The van der Waals surface area contributed by atoms with Crippen molar-refractivity contribution in [3.05, 3.63) is 44.6 Å². The lowest BCUT2D eigenvalue weighted by Gasteiger charge is -2.02. The average Bonchev–Trinajstić information content (AvgIpc) is 2.66. The van der Waals surface area contributed by atoms with Gasteiger partial charge < -0.3 is 5.32 Å². The number of aromatic nitrogens is 2. The zero-order chi connectivity index (χ0) is 13.1. The van der Waals surface area contributed by atoms with Crippen LogP contribution in [0.25, 0.3) is 0 Å². The maximum Gasteiger partial charge on any atom is 0.271 e. The van der Waals surface area contributed by atoms with Crippen molar-refractivity contribution in [1.82, 2.24) is 15.3 Å². The minimum absolute atomic E-state index is 0.213. The van der Waals surface area contributed by atoms with Crippen LogP contribution in [0.5, 0.6) is 0 Å². The number of thiophene rings is 1. The maximum absolute atomic E-state index is 11.8. The first kappa shape index (κ1) is 13.0. The molecule has 6 heteroatoms. The van der Waals surface area contributed by atoms with Crippen molar-refractivity contribution < 1.29 is 4.79 Å². The summed E-state index contributed by atoms with van der Waals surface area (Å²) < 4.78 is 0. The Morgan fingerprint density at radius 1 is 1.44 bits per heavy atom. The number of carbonyl (C=O) groups excluding carboxylic acids is 1. The molecule has 94 valence electrons. The van der Waals surface area contributed by atoms with Crippen molar-refractivity contribution in [3.8, 4) is 0 Å². The molecule has 1 amide bonds. The second-order valence-electron chi connectivity index (χ2n) is 3.86. The van der Waals surface area contributed by atoms with Gasteiger partial charge in [-0.3, -0.25) is 9.78 Å². The van der Waals surface area contributed by atoms with E-state index in [1.165, 1.54) is 22.8 Å². The van der Waals surface area contributed by atoms with Gasteiger partial charge in [-0.05, 0) is 25.5 Å². The fraction of sp³-hybridized carbons (Fsp3) is 0.250. The zero-order valence-corrected chi connectivity index (χ0v) is 11.6. The Hall–Kier alpha value is -1.46. The van der Waals surface area contributed by atoms with Crippen LogP contribution in [0, 0.1) is 13.8 Å². The minimum Gasteiger partial charge on any atom is -0.346 e. The lowest BCUT2D eigenvalue weighted by Crippen LogP contribution is -2.23. The Balaban J connectivity index is 2.00. The molecule has 1 N–H and O–H groups in total. The highest BCUT2D eigenvalue weighted by Crippen LogP contribution is 2.20. The van der Waals surface area contributed by atoms with Crippen LogP contribution >= 0.6 is 22.9 Å². The van der Waals surface area contributed by atoms with Gasteiger partial charge in [0.2, 0.25) is 0 Å². The van der Waals surface area contributed by atoms with E-state index in [2.05, 4.69) is 35.2 Å². The van der Waals surface area contributed by atoms with E-state index in [0.717, 1.165) is 4.88 Å². The predicted octanol–water partition coefficient (Wildman–Crippen LogP) is 2.74. The molecule has 0 spiro atoms. The smallest absolute Gasteiger partial charge is 0.271 e. The monoisotopic (exact) mass is 281 g/mol. The second-order valence-corrected chi connectivity index (χ2v) is 5.59. The third-order valence-electron chi connectivity index (χ3n) is 2.48. The molecule has 2 aromatic heterocycles. The van der Waals surface area contributed by atoms with E-state index < -0.39 is 0 Å². The Morgan fingerprint density at radius 3 is 2.83 bits per heavy atom. The molecule has 0 aliphatic heterocycles. The standard InChI is InChI=1S/C12H12ClN3OS/c1-7-3-9(18-8(7)2)4-15-12(17)10-5-14-6-11(13)16-10/h3,5-6H,4H2,1-2H3,(H,15,17). The third-order valence-corrected chi connectivity index (χ3v) is 3.81. The Bertz CT molecular complexity index is 563. The second kappa shape index (κ2) is 5.46. The van der Waals surface area contributed by atoms with Crippen LogP contribution < -0.4 is 5.32 Å². The molecule has 0 fully saturated rings. The Morgan fingerprint density at radius 2 is 2.22 bits per heavy atom. The summed E-state index contributed by atoms with van der Waals surface area (Å²) in [6, 6.07) is 2.07. The highest BCUT2D eigenvalue weighted by atomic mass is 35.5. The van der Waals surface area contributed by atoms with Gasteiger partial charge in [-0.25, -0.2) is 4.98 Å². The number of hydrogen-bond donors (Lipinski definition) is 1. The fourth-order valence-corrected chi connectivity index (χ4v) is 2.59. The van der Waals surface area contributed by atoms with Crippen molar-refractivity contribution in [2.24, 2.45) is 0 Å². The molecule has 0 aliphatic carbocycles. The number of halogens is 1. The van der Waals surface area contributed by atoms with E-state index in [1.54, 1.807) is 11.3 Å². The lowest BCUT2D eigenvalue weighted by molar-refractivity contribution is 0.0946. The number of aryl methyl sites for hydroxylation is 2. The lowest BCUT2D eigenvalue weighted by atomic mass is 10.3. The molecule has 18 heavy (non-hydrogen) atoms. The van der Waals surface area contributed by atoms with Crippen LogP contribution in [0.4, 0.5) is 0 Å². The van der Waals surface area contributed by atoms with Crippen molar-refractivity contribution in [2.45, 2.75) is 20.4 Å². The Labute approximate surface area is 114 Å². The first-order valence-corrected chi connectivity index (χ1v) is 6.57. The van der Waals surface area contributed by atoms with E-state index in [9.17, 15) is 4.79 Å². The number of amides is 1. The van der Waals surface area contributed by atoms with E-state index >= 15 is 0 Å². The van der Waals surface area contributed by atoms with Gasteiger partial charge in [0, 0.05) is 9.75 Å². The van der Waals surface area contributed by atoms with Crippen molar-refractivity contribution in [3.63, 3.8) is 0 Å². The first-order valence-electron chi connectivity index (χ1n) is 5.38. The van der Waals surface area contributed by atoms with Crippen LogP contribution in [0.3, 0.4) is 0 Å². The van der Waals surface area contributed by atoms with Gasteiger partial charge in [0.05, 0.1) is 18.9 Å². The van der Waals surface area contributed by atoms with Crippen LogP contribution in [0.1, 0.15) is 25.8 Å². The highest BCUT2D eigenvalue weighted by molar-refractivity contribution is 7.12. The molecule has 0 radical (unpaired) electrons. The molecular weight excluding hydrogens is 270 g/mol. The molecule has 0 aliphatic rings. The molecular formula is C12H12ClN3OS. The summed E-state index contributed by atoms with van der Waals surface area (Å²) in [5.41, 5.74) is 1.47. The number of nitrogens with one attached hydrogen (secondary N) is 1. The molecule has 0 unspecified atom stereocenters. The summed E-state index contributed by atoms with van der Waals surface area (Å²) in [4.78, 5) is 21.9. The van der Waals surface area contributed by atoms with Crippen LogP contribution in [0.2, 0.25) is 5.15 Å². The number of nitrogens with zero attached hydrogens (tertiary/aromatic N) is 2. The predicted molar refractivity (Wildman–Crippen MR) is 72.0 cm³/mol. The molecule has 0 bridgehead atoms. The third kappa shape index (κ3) is 3.05. The summed E-state index contributed by atoms with van der Waals surface area (Å²) in [5.74, 6) is -0.270. The molecule has 0 saturated heterocycles. The van der Waals surface area contributed by atoms with Gasteiger partial charge in [0.15, 0.2) is 0 Å². The van der Waals surface area contributed by atoms with Crippen LogP contribution in [-0.4, -0.2) is 15.9 Å². The largest absolute Gasteiger partial charge is 0.346 e. The summed E-state index contributed by atoms with van der Waals surface area (Å²) in [6.07, 6.45) is 2.79. The van der Waals surface area contributed by atoms with Crippen molar-refractivity contribution >= 4 is 28.8 Å². The maximum atomic E-state index is 11.8. The molecule has 0 atom stereocenters. The van der Waals surface area contributed by atoms with Crippen LogP contribution in [0.15, 0.2) is 18.5 Å². The molecule has 2 rings (SSSR count). The van der Waals surface area contributed by atoms with Gasteiger partial charge in [0.1, 0.15) is 10.8 Å². The topological polar surface area (TPSA) is 54.9 Å². The van der Waals surface area contributed by atoms with Crippen molar-refractivity contribution in [2.75, 3.05) is 0 Å². The van der Waals surface area contributed by atoms with Gasteiger partial charge in [-0.2, -0.15) is 0 Å². The number of hydrogen-bond acceptors (Lipinski definition) is 4. The zero-order valence-electron chi connectivity index (χ0n) is 10.0. The number of rotatable bonds is 3. The van der Waals surface area contributed by atoms with E-state index in [4.69, 9.17) is 11.6 Å². The first-order chi connectivity index (χ1) is 8.56. The highest BCUT2D eigenvalue weighted by Gasteiger charge is 2.09. The summed E-state index contributed by atoms with van der Waals surface area (Å²) >= 11 is 7.36. The van der Waals surface area contributed by atoms with Gasteiger partial charge in [-0.15, -0.1) is 11.3 Å². The van der Waals surface area contributed by atoms with Gasteiger partial charge in [-0.1, -0.05) is 11.6 Å². The summed E-state index contributed by atoms with van der Waals surface area (Å²) in [6.45, 7) is 4.61. The average molecular weight is 282 g/mol. The van der Waals surface area contributed by atoms with Gasteiger partial charge in [0.25, 0.3) is 5.91 Å². The summed E-state index contributed by atoms with van der Waals surface area (Å²) in [5, 5.41) is 3.01. The van der Waals surface area contributed by atoms with Crippen molar-refractivity contribution in [1.29, 1.82) is 0 Å². The minimum atomic E-state index is -0.270. The molecule has 4 nitrogen and oxygen atoms in total. The SMILES string of the molecule is Cc1cc(CNC(=O)c2cncc(Cl)n2)sc1C. The molecule has 2 heterocycles. The summed E-state index contributed by atoms with van der Waals surface area (Å²) in [7, 11) is 0. The van der Waals surface area contributed by atoms with Gasteiger partial charge >= 0.3 is 0 Å². The van der Waals surface area contributed by atoms with E-state index in [1.807, 2.05) is 0 Å². The van der Waals surface area contributed by atoms with Crippen LogP contribution in [-0.2, 0) is 6.54 Å². The number of carbonyl (C=O) groups is 1. The Kier molecular flexibility index (Phi) is 3.93.